The van der Waals surface area contributed by atoms with Crippen molar-refractivity contribution in [1.29, 1.82) is 5.26 Å². The maximum absolute atomic E-state index is 13.1. The minimum absolute atomic E-state index is 0.164. The number of benzene rings is 2. The van der Waals surface area contributed by atoms with Gasteiger partial charge in [0.2, 0.25) is 5.91 Å². The molecule has 0 aliphatic heterocycles. The average molecular weight is 465 g/mol. The quantitative estimate of drug-likeness (QED) is 0.316. The van der Waals surface area contributed by atoms with Gasteiger partial charge in [-0.2, -0.15) is 5.26 Å². The summed E-state index contributed by atoms with van der Waals surface area (Å²) in [5.41, 5.74) is 4.74. The standard InChI is InChI=1S/C28H24N4OS/c1-3-25(27(33)32-26-16-10-11-19(2)30-26)34-28-23(18-29)22(20-12-6-4-7-13-20)17-24(31-28)21-14-8-5-9-15-21/h4-17,25H,3H2,1-2H3,(H,30,32,33). The first kappa shape index (κ1) is 23.2. The van der Waals surface area contributed by atoms with E-state index in [0.717, 1.165) is 28.1 Å². The molecule has 2 aromatic heterocycles. The summed E-state index contributed by atoms with van der Waals surface area (Å²) in [6.07, 6.45) is 0.575. The highest BCUT2D eigenvalue weighted by atomic mass is 32.2. The number of anilines is 1. The van der Waals surface area contributed by atoms with Gasteiger partial charge in [-0.3, -0.25) is 4.79 Å². The molecule has 0 spiro atoms. The van der Waals surface area contributed by atoms with Crippen LogP contribution in [0.5, 0.6) is 0 Å². The zero-order valence-electron chi connectivity index (χ0n) is 19.0. The maximum atomic E-state index is 13.1. The van der Waals surface area contributed by atoms with Crippen LogP contribution in [0.3, 0.4) is 0 Å². The second-order valence-corrected chi connectivity index (χ2v) is 8.94. The van der Waals surface area contributed by atoms with Crippen molar-refractivity contribution < 1.29 is 4.79 Å². The normalized spacial score (nSPS) is 11.4. The molecule has 1 N–H and O–H groups in total. The van der Waals surface area contributed by atoms with Crippen molar-refractivity contribution in [3.63, 3.8) is 0 Å². The van der Waals surface area contributed by atoms with E-state index in [0.29, 0.717) is 22.8 Å². The van der Waals surface area contributed by atoms with Gasteiger partial charge in [0.1, 0.15) is 16.9 Å². The predicted octanol–water partition coefficient (Wildman–Crippen LogP) is 6.50. The summed E-state index contributed by atoms with van der Waals surface area (Å²) in [5, 5.41) is 13.1. The summed E-state index contributed by atoms with van der Waals surface area (Å²) in [4.78, 5) is 22.3. The molecule has 0 radical (unpaired) electrons. The molecule has 6 heteroatoms. The Bertz CT molecular complexity index is 1330. The van der Waals surface area contributed by atoms with E-state index >= 15 is 0 Å². The Morgan fingerprint density at radius 2 is 1.65 bits per heavy atom. The molecular formula is C28H24N4OS. The van der Waals surface area contributed by atoms with Crippen LogP contribution in [0.2, 0.25) is 0 Å². The van der Waals surface area contributed by atoms with Crippen molar-refractivity contribution >= 4 is 23.5 Å². The minimum Gasteiger partial charge on any atom is -0.310 e. The van der Waals surface area contributed by atoms with Gasteiger partial charge < -0.3 is 5.32 Å². The van der Waals surface area contributed by atoms with E-state index in [1.165, 1.54) is 11.8 Å². The number of hydrogen-bond donors (Lipinski definition) is 1. The maximum Gasteiger partial charge on any atom is 0.239 e. The molecule has 0 fully saturated rings. The first-order chi connectivity index (χ1) is 16.6. The second kappa shape index (κ2) is 10.8. The van der Waals surface area contributed by atoms with Crippen LogP contribution in [-0.4, -0.2) is 21.1 Å². The van der Waals surface area contributed by atoms with E-state index in [-0.39, 0.29) is 5.91 Å². The average Bonchev–Trinajstić information content (AvgIpc) is 2.87. The third kappa shape index (κ3) is 5.33. The number of carbonyl (C=O) groups is 1. The molecule has 4 rings (SSSR count). The van der Waals surface area contributed by atoms with E-state index in [1.807, 2.05) is 92.7 Å². The van der Waals surface area contributed by atoms with Crippen molar-refractivity contribution in [2.75, 3.05) is 5.32 Å². The number of nitriles is 1. The predicted molar refractivity (Wildman–Crippen MR) is 137 cm³/mol. The number of carbonyl (C=O) groups excluding carboxylic acids is 1. The van der Waals surface area contributed by atoms with Crippen LogP contribution in [-0.2, 0) is 4.79 Å². The first-order valence-corrected chi connectivity index (χ1v) is 11.9. The number of nitrogens with zero attached hydrogens (tertiary/aromatic N) is 3. The van der Waals surface area contributed by atoms with Crippen LogP contribution in [0.25, 0.3) is 22.4 Å². The molecule has 0 saturated heterocycles. The zero-order valence-corrected chi connectivity index (χ0v) is 19.8. The third-order valence-electron chi connectivity index (χ3n) is 5.31. The van der Waals surface area contributed by atoms with Crippen LogP contribution in [0.1, 0.15) is 24.6 Å². The van der Waals surface area contributed by atoms with Gasteiger partial charge in [0.05, 0.1) is 16.5 Å². The molecule has 5 nitrogen and oxygen atoms in total. The number of pyridine rings is 2. The van der Waals surface area contributed by atoms with Gasteiger partial charge in [0.25, 0.3) is 0 Å². The largest absolute Gasteiger partial charge is 0.310 e. The third-order valence-corrected chi connectivity index (χ3v) is 6.66. The van der Waals surface area contributed by atoms with Crippen molar-refractivity contribution in [3.05, 3.63) is 96.2 Å². The number of nitrogens with one attached hydrogen (secondary N) is 1. The number of rotatable bonds is 7. The van der Waals surface area contributed by atoms with Gasteiger partial charge in [-0.05, 0) is 37.1 Å². The van der Waals surface area contributed by atoms with Crippen molar-refractivity contribution in [2.45, 2.75) is 30.5 Å². The SMILES string of the molecule is CCC(Sc1nc(-c2ccccc2)cc(-c2ccccc2)c1C#N)C(=O)Nc1cccc(C)n1. The Labute approximate surface area is 203 Å². The summed E-state index contributed by atoms with van der Waals surface area (Å²) in [5.74, 6) is 0.350. The highest BCUT2D eigenvalue weighted by molar-refractivity contribution is 8.00. The lowest BCUT2D eigenvalue weighted by Crippen LogP contribution is -2.25. The molecule has 0 bridgehead atoms. The molecule has 2 aromatic carbocycles. The highest BCUT2D eigenvalue weighted by Gasteiger charge is 2.23. The number of thioether (sulfide) groups is 1. The molecule has 168 valence electrons. The molecule has 0 aliphatic carbocycles. The number of aromatic nitrogens is 2. The monoisotopic (exact) mass is 464 g/mol. The highest BCUT2D eigenvalue weighted by Crippen LogP contribution is 2.36. The summed E-state index contributed by atoms with van der Waals surface area (Å²) >= 11 is 1.32. The fourth-order valence-corrected chi connectivity index (χ4v) is 4.62. The number of amides is 1. The van der Waals surface area contributed by atoms with Gasteiger partial charge in [-0.25, -0.2) is 9.97 Å². The van der Waals surface area contributed by atoms with E-state index in [2.05, 4.69) is 16.4 Å². The Kier molecular flexibility index (Phi) is 7.36. The second-order valence-electron chi connectivity index (χ2n) is 7.75. The van der Waals surface area contributed by atoms with Crippen molar-refractivity contribution in [3.8, 4) is 28.5 Å². The van der Waals surface area contributed by atoms with Gasteiger partial charge >= 0.3 is 0 Å². The Morgan fingerprint density at radius 1 is 0.971 bits per heavy atom. The lowest BCUT2D eigenvalue weighted by molar-refractivity contribution is -0.115. The molecule has 0 saturated carbocycles. The molecule has 1 amide bonds. The molecule has 2 heterocycles. The zero-order chi connectivity index (χ0) is 23.9. The molecule has 4 aromatic rings. The van der Waals surface area contributed by atoms with E-state index in [9.17, 15) is 10.1 Å². The molecular weight excluding hydrogens is 440 g/mol. The smallest absolute Gasteiger partial charge is 0.239 e. The van der Waals surface area contributed by atoms with Gasteiger partial charge in [0.15, 0.2) is 0 Å². The molecule has 1 atom stereocenters. The number of aryl methyl sites for hydroxylation is 1. The van der Waals surface area contributed by atoms with Gasteiger partial charge in [-0.15, -0.1) is 0 Å². The van der Waals surface area contributed by atoms with Crippen LogP contribution in [0.4, 0.5) is 5.82 Å². The number of hydrogen-bond acceptors (Lipinski definition) is 5. The van der Waals surface area contributed by atoms with Gasteiger partial charge in [0, 0.05) is 16.8 Å². The summed E-state index contributed by atoms with van der Waals surface area (Å²) in [7, 11) is 0. The Balaban J connectivity index is 1.74. The summed E-state index contributed by atoms with van der Waals surface area (Å²) in [6, 6.07) is 29.5. The molecule has 1 unspecified atom stereocenters. The van der Waals surface area contributed by atoms with E-state index < -0.39 is 5.25 Å². The van der Waals surface area contributed by atoms with E-state index in [1.54, 1.807) is 6.07 Å². The van der Waals surface area contributed by atoms with Gasteiger partial charge in [-0.1, -0.05) is 85.4 Å². The van der Waals surface area contributed by atoms with Crippen LogP contribution in [0, 0.1) is 18.3 Å². The van der Waals surface area contributed by atoms with Crippen molar-refractivity contribution in [1.82, 2.24) is 9.97 Å². The van der Waals surface area contributed by atoms with Crippen LogP contribution >= 0.6 is 11.8 Å². The fourth-order valence-electron chi connectivity index (χ4n) is 3.59. The van der Waals surface area contributed by atoms with Crippen LogP contribution in [0.15, 0.2) is 90.0 Å². The fraction of sp³-hybridized carbons (Fsp3) is 0.143. The summed E-state index contributed by atoms with van der Waals surface area (Å²) < 4.78 is 0. The molecule has 0 aliphatic rings. The summed E-state index contributed by atoms with van der Waals surface area (Å²) in [6.45, 7) is 3.83. The lowest BCUT2D eigenvalue weighted by atomic mass is 9.99. The van der Waals surface area contributed by atoms with Crippen molar-refractivity contribution in [2.24, 2.45) is 0 Å². The van der Waals surface area contributed by atoms with E-state index in [4.69, 9.17) is 4.98 Å². The Morgan fingerprint density at radius 3 is 2.26 bits per heavy atom. The lowest BCUT2D eigenvalue weighted by Gasteiger charge is -2.17. The Hall–Kier alpha value is -3.95. The van der Waals surface area contributed by atoms with Crippen LogP contribution < -0.4 is 5.32 Å². The topological polar surface area (TPSA) is 78.7 Å². The first-order valence-electron chi connectivity index (χ1n) is 11.1. The minimum atomic E-state index is -0.434. The molecule has 34 heavy (non-hydrogen) atoms.